The van der Waals surface area contributed by atoms with Crippen LogP contribution in [0.3, 0.4) is 0 Å². The van der Waals surface area contributed by atoms with E-state index in [1.165, 1.54) is 4.57 Å². The molecule has 4 aromatic rings. The lowest BCUT2D eigenvalue weighted by atomic mass is 9.86. The van der Waals surface area contributed by atoms with E-state index in [9.17, 15) is 9.59 Å². The number of hydrogen-bond acceptors (Lipinski definition) is 7. The summed E-state index contributed by atoms with van der Waals surface area (Å²) in [7, 11) is 0. The molecule has 0 amide bonds. The quantitative estimate of drug-likeness (QED) is 0.468. The van der Waals surface area contributed by atoms with E-state index in [-0.39, 0.29) is 35.0 Å². The lowest BCUT2D eigenvalue weighted by molar-refractivity contribution is -0.136. The molecule has 34 heavy (non-hydrogen) atoms. The summed E-state index contributed by atoms with van der Waals surface area (Å²) in [6, 6.07) is 15.2. The van der Waals surface area contributed by atoms with Gasteiger partial charge >= 0.3 is 11.6 Å². The number of ether oxygens (including phenoxy) is 1. The fraction of sp³-hybridized carbons (Fsp3) is 0.192. The standard InChI is InChI=1S/C26H23N3O5/c1-4-32-25(31)20-19(17-10-6-8-15(3)12-17)21-23(34-26(27)28-21)29-18(24(30)33-22(20)29)13-16-9-5-7-14(2)11-16/h5-13,19H,4H2,1-3H3,(H2,27,28)/b18-13+/t19-/m1/s1. The predicted octanol–water partition coefficient (Wildman–Crippen LogP) is 2.31. The fourth-order valence-electron chi connectivity index (χ4n) is 4.34. The fourth-order valence-corrected chi connectivity index (χ4v) is 4.34. The second-order valence-electron chi connectivity index (χ2n) is 8.20. The summed E-state index contributed by atoms with van der Waals surface area (Å²) < 4.78 is 18.3. The number of anilines is 1. The summed E-state index contributed by atoms with van der Waals surface area (Å²) in [5, 5.41) is 0.183. The number of esters is 1. The molecule has 1 aliphatic heterocycles. The minimum Gasteiger partial charge on any atom is -0.462 e. The molecule has 2 aromatic carbocycles. The van der Waals surface area contributed by atoms with Crippen LogP contribution in [0.5, 0.6) is 0 Å². The van der Waals surface area contributed by atoms with Crippen LogP contribution in [0.1, 0.15) is 40.8 Å². The van der Waals surface area contributed by atoms with Gasteiger partial charge in [-0.1, -0.05) is 59.7 Å². The van der Waals surface area contributed by atoms with Gasteiger partial charge in [0.15, 0.2) is 0 Å². The van der Waals surface area contributed by atoms with E-state index in [0.29, 0.717) is 5.69 Å². The minimum absolute atomic E-state index is 0.0394. The lowest BCUT2D eigenvalue weighted by Crippen LogP contribution is -2.37. The van der Waals surface area contributed by atoms with Crippen LogP contribution in [-0.2, 0) is 9.53 Å². The van der Waals surface area contributed by atoms with E-state index >= 15 is 0 Å². The lowest BCUT2D eigenvalue weighted by Gasteiger charge is -2.22. The van der Waals surface area contributed by atoms with Crippen molar-refractivity contribution >= 4 is 23.6 Å². The highest BCUT2D eigenvalue weighted by Gasteiger charge is 2.39. The van der Waals surface area contributed by atoms with Gasteiger partial charge in [0, 0.05) is 0 Å². The number of aromatic nitrogens is 2. The molecule has 172 valence electrons. The van der Waals surface area contributed by atoms with Crippen molar-refractivity contribution in [1.29, 1.82) is 0 Å². The Hall–Kier alpha value is -4.33. The highest BCUT2D eigenvalue weighted by molar-refractivity contribution is 6.12. The molecule has 0 saturated heterocycles. The molecule has 1 atom stereocenters. The molecule has 0 spiro atoms. The summed E-state index contributed by atoms with van der Waals surface area (Å²) in [5.41, 5.74) is 9.54. The number of aryl methyl sites for hydroxylation is 2. The first kappa shape index (κ1) is 21.5. The highest BCUT2D eigenvalue weighted by atomic mass is 16.5. The van der Waals surface area contributed by atoms with Crippen molar-refractivity contribution in [3.8, 4) is 5.88 Å². The van der Waals surface area contributed by atoms with Gasteiger partial charge in [0.1, 0.15) is 16.6 Å². The van der Waals surface area contributed by atoms with Gasteiger partial charge in [-0.3, -0.25) is 0 Å². The summed E-state index contributed by atoms with van der Waals surface area (Å²) in [4.78, 5) is 30.7. The third-order valence-corrected chi connectivity index (χ3v) is 5.71. The van der Waals surface area contributed by atoms with Crippen molar-refractivity contribution in [1.82, 2.24) is 9.55 Å². The first-order chi connectivity index (χ1) is 16.4. The van der Waals surface area contributed by atoms with E-state index in [0.717, 1.165) is 22.3 Å². The Morgan fingerprint density at radius 3 is 2.59 bits per heavy atom. The Kier molecular flexibility index (Phi) is 5.20. The molecule has 0 radical (unpaired) electrons. The molecule has 0 bridgehead atoms. The van der Waals surface area contributed by atoms with Crippen molar-refractivity contribution in [3.63, 3.8) is 0 Å². The van der Waals surface area contributed by atoms with Gasteiger partial charge in [0.2, 0.25) is 11.4 Å². The molecule has 3 heterocycles. The number of rotatable bonds is 4. The van der Waals surface area contributed by atoms with Crippen LogP contribution in [0.4, 0.5) is 6.01 Å². The largest absolute Gasteiger partial charge is 0.462 e. The third kappa shape index (κ3) is 3.53. The van der Waals surface area contributed by atoms with Gasteiger partial charge in [0.25, 0.3) is 6.01 Å². The molecule has 8 nitrogen and oxygen atoms in total. The Bertz CT molecular complexity index is 1610. The number of nitrogen functional groups attached to an aromatic ring is 1. The highest BCUT2D eigenvalue weighted by Crippen LogP contribution is 2.38. The van der Waals surface area contributed by atoms with Crippen LogP contribution in [-0.4, -0.2) is 22.1 Å². The molecular weight excluding hydrogens is 434 g/mol. The molecular formula is C26H23N3O5. The first-order valence-electron chi connectivity index (χ1n) is 10.9. The monoisotopic (exact) mass is 457 g/mol. The summed E-state index contributed by atoms with van der Waals surface area (Å²) >= 11 is 0. The van der Waals surface area contributed by atoms with E-state index in [1.807, 2.05) is 62.4 Å². The van der Waals surface area contributed by atoms with Crippen LogP contribution in [0.25, 0.3) is 17.5 Å². The molecule has 0 aliphatic carbocycles. The van der Waals surface area contributed by atoms with Crippen LogP contribution in [0, 0.1) is 13.8 Å². The second-order valence-corrected chi connectivity index (χ2v) is 8.20. The van der Waals surface area contributed by atoms with Gasteiger partial charge in [-0.05, 0) is 38.0 Å². The van der Waals surface area contributed by atoms with Gasteiger partial charge in [-0.25, -0.2) is 14.2 Å². The number of oxazole rings is 2. The number of hydrogen-bond donors (Lipinski definition) is 1. The average Bonchev–Trinajstić information content (AvgIpc) is 3.32. The molecule has 2 N–H and O–H groups in total. The van der Waals surface area contributed by atoms with Crippen LogP contribution < -0.4 is 22.3 Å². The Balaban J connectivity index is 1.91. The molecule has 8 heteroatoms. The molecule has 1 aliphatic rings. The second kappa shape index (κ2) is 8.22. The number of benzene rings is 2. The molecule has 0 saturated carbocycles. The summed E-state index contributed by atoms with van der Waals surface area (Å²) in [6.07, 6.45) is 1.68. The van der Waals surface area contributed by atoms with Gasteiger partial charge in [0.05, 0.1) is 12.5 Å². The maximum absolute atomic E-state index is 13.2. The zero-order chi connectivity index (χ0) is 24.0. The van der Waals surface area contributed by atoms with Crippen molar-refractivity contribution < 1.29 is 18.4 Å². The number of nitrogens with two attached hydrogens (primary N) is 1. The number of carbonyl (C=O) groups is 1. The topological polar surface area (TPSA) is 113 Å². The Morgan fingerprint density at radius 2 is 1.88 bits per heavy atom. The van der Waals surface area contributed by atoms with Crippen molar-refractivity contribution in [2.24, 2.45) is 0 Å². The van der Waals surface area contributed by atoms with E-state index in [1.54, 1.807) is 13.0 Å². The van der Waals surface area contributed by atoms with E-state index in [4.69, 9.17) is 19.3 Å². The average molecular weight is 457 g/mol. The molecule has 2 aromatic heterocycles. The van der Waals surface area contributed by atoms with Crippen molar-refractivity contribution in [2.75, 3.05) is 12.3 Å². The zero-order valence-corrected chi connectivity index (χ0v) is 19.0. The SMILES string of the molecule is CCOC(=O)C1=c2oc(=O)/c(=C\c3cccc(C)c3)n2-c2oc(N)nc2[C@@H]1c1cccc(C)c1. The smallest absolute Gasteiger partial charge is 0.362 e. The predicted molar refractivity (Wildman–Crippen MR) is 126 cm³/mol. The Morgan fingerprint density at radius 1 is 1.15 bits per heavy atom. The van der Waals surface area contributed by atoms with Crippen LogP contribution >= 0.6 is 0 Å². The summed E-state index contributed by atoms with van der Waals surface area (Å²) in [6.45, 7) is 5.78. The van der Waals surface area contributed by atoms with Crippen LogP contribution in [0.2, 0.25) is 0 Å². The first-order valence-corrected chi connectivity index (χ1v) is 10.9. The van der Waals surface area contributed by atoms with Crippen molar-refractivity contribution in [2.45, 2.75) is 26.7 Å². The Labute approximate surface area is 194 Å². The van der Waals surface area contributed by atoms with E-state index < -0.39 is 17.5 Å². The maximum Gasteiger partial charge on any atom is 0.362 e. The minimum atomic E-state index is -0.688. The number of carbonyl (C=O) groups excluding carboxylic acids is 1. The molecule has 5 rings (SSSR count). The normalized spacial score (nSPS) is 15.2. The number of nitrogens with zero attached hydrogens (tertiary/aromatic N) is 2. The number of fused-ring (bicyclic) bond motifs is 3. The van der Waals surface area contributed by atoms with Crippen LogP contribution in [0.15, 0.2) is 62.2 Å². The summed E-state index contributed by atoms with van der Waals surface area (Å²) in [5.74, 6) is -1.06. The van der Waals surface area contributed by atoms with Gasteiger partial charge in [-0.2, -0.15) is 4.98 Å². The zero-order valence-electron chi connectivity index (χ0n) is 19.0. The van der Waals surface area contributed by atoms with Gasteiger partial charge < -0.3 is 19.3 Å². The maximum atomic E-state index is 13.2. The van der Waals surface area contributed by atoms with Gasteiger partial charge in [-0.15, -0.1) is 0 Å². The van der Waals surface area contributed by atoms with Crippen molar-refractivity contribution in [3.05, 3.63) is 97.8 Å². The molecule has 0 fully saturated rings. The third-order valence-electron chi connectivity index (χ3n) is 5.71. The van der Waals surface area contributed by atoms with E-state index in [2.05, 4.69) is 4.98 Å². The molecule has 0 unspecified atom stereocenters.